The lowest BCUT2D eigenvalue weighted by Crippen LogP contribution is -1.92. The van der Waals surface area contributed by atoms with E-state index in [1.807, 2.05) is 18.2 Å². The highest BCUT2D eigenvalue weighted by Crippen LogP contribution is 1.97. The summed E-state index contributed by atoms with van der Waals surface area (Å²) < 4.78 is 0. The maximum Gasteiger partial charge on any atom is 0.303 e. The molecule has 0 aromatic rings. The average molecular weight is 208 g/mol. The van der Waals surface area contributed by atoms with Crippen molar-refractivity contribution in [3.63, 3.8) is 0 Å². The van der Waals surface area contributed by atoms with Crippen molar-refractivity contribution >= 4 is 12.3 Å². The maximum absolute atomic E-state index is 10.2. The Morgan fingerprint density at radius 3 is 2.53 bits per heavy atom. The van der Waals surface area contributed by atoms with Crippen LogP contribution in [0.25, 0.3) is 0 Å². The van der Waals surface area contributed by atoms with Gasteiger partial charge in [-0.05, 0) is 25.3 Å². The Morgan fingerprint density at radius 1 is 1.07 bits per heavy atom. The smallest absolute Gasteiger partial charge is 0.303 e. The SMILES string of the molecule is O=CC=CC=CCC=CCCCC(=O)O. The van der Waals surface area contributed by atoms with Gasteiger partial charge in [-0.15, -0.1) is 0 Å². The van der Waals surface area contributed by atoms with Gasteiger partial charge in [0.05, 0.1) is 0 Å². The van der Waals surface area contributed by atoms with Gasteiger partial charge in [0, 0.05) is 6.42 Å². The molecule has 0 aliphatic heterocycles. The minimum absolute atomic E-state index is 0.224. The summed E-state index contributed by atoms with van der Waals surface area (Å²) in [5.41, 5.74) is 0. The summed E-state index contributed by atoms with van der Waals surface area (Å²) in [4.78, 5) is 20.0. The standard InChI is InChI=1S/C12H16O3/c13-11-9-7-5-3-1-2-4-6-8-10-12(14)15/h2-5,7,9,11H,1,6,8,10H2,(H,14,15). The lowest BCUT2D eigenvalue weighted by Gasteiger charge is -1.89. The number of rotatable bonds is 8. The summed E-state index contributed by atoms with van der Waals surface area (Å²) in [6.07, 6.45) is 14.0. The molecule has 0 aromatic carbocycles. The maximum atomic E-state index is 10.2. The molecule has 0 unspecified atom stereocenters. The van der Waals surface area contributed by atoms with Crippen LogP contribution in [0.4, 0.5) is 0 Å². The Hall–Kier alpha value is -1.64. The van der Waals surface area contributed by atoms with E-state index in [1.54, 1.807) is 12.2 Å². The Bertz CT molecular complexity index is 262. The summed E-state index contributed by atoms with van der Waals surface area (Å²) in [5.74, 6) is -0.748. The van der Waals surface area contributed by atoms with Gasteiger partial charge < -0.3 is 5.11 Å². The zero-order chi connectivity index (χ0) is 11.4. The van der Waals surface area contributed by atoms with Crippen molar-refractivity contribution in [3.8, 4) is 0 Å². The molecule has 0 fully saturated rings. The number of aldehydes is 1. The van der Waals surface area contributed by atoms with E-state index in [1.165, 1.54) is 6.08 Å². The number of allylic oxidation sites excluding steroid dienone is 6. The molecule has 0 rings (SSSR count). The number of carboxylic acids is 1. The lowest BCUT2D eigenvalue weighted by molar-refractivity contribution is -0.137. The largest absolute Gasteiger partial charge is 0.481 e. The molecule has 0 bridgehead atoms. The highest BCUT2D eigenvalue weighted by Gasteiger charge is 1.92. The van der Waals surface area contributed by atoms with Gasteiger partial charge in [0.1, 0.15) is 6.29 Å². The van der Waals surface area contributed by atoms with Crippen molar-refractivity contribution in [1.82, 2.24) is 0 Å². The van der Waals surface area contributed by atoms with Gasteiger partial charge in [0.2, 0.25) is 0 Å². The van der Waals surface area contributed by atoms with E-state index in [4.69, 9.17) is 5.11 Å². The topological polar surface area (TPSA) is 54.4 Å². The van der Waals surface area contributed by atoms with Crippen LogP contribution in [0.5, 0.6) is 0 Å². The van der Waals surface area contributed by atoms with Crippen molar-refractivity contribution in [2.75, 3.05) is 0 Å². The second-order valence-electron chi connectivity index (χ2n) is 2.94. The normalized spacial score (nSPS) is 11.7. The second-order valence-corrected chi connectivity index (χ2v) is 2.94. The first-order valence-corrected chi connectivity index (χ1v) is 4.91. The molecule has 0 aliphatic carbocycles. The molecule has 0 atom stereocenters. The van der Waals surface area contributed by atoms with E-state index in [2.05, 4.69) is 0 Å². The van der Waals surface area contributed by atoms with E-state index in [9.17, 15) is 9.59 Å². The highest BCUT2D eigenvalue weighted by molar-refractivity contribution is 5.66. The van der Waals surface area contributed by atoms with Gasteiger partial charge in [-0.1, -0.05) is 30.4 Å². The van der Waals surface area contributed by atoms with E-state index >= 15 is 0 Å². The molecule has 3 heteroatoms. The molecular formula is C12H16O3. The number of unbranched alkanes of at least 4 members (excludes halogenated alkanes) is 1. The van der Waals surface area contributed by atoms with Crippen LogP contribution in [0.2, 0.25) is 0 Å². The van der Waals surface area contributed by atoms with Crippen molar-refractivity contribution in [2.24, 2.45) is 0 Å². The predicted molar refractivity (Wildman–Crippen MR) is 59.6 cm³/mol. The number of aliphatic carboxylic acids is 1. The van der Waals surface area contributed by atoms with Crippen molar-refractivity contribution < 1.29 is 14.7 Å². The Morgan fingerprint density at radius 2 is 1.87 bits per heavy atom. The minimum atomic E-state index is -0.748. The fraction of sp³-hybridized carbons (Fsp3) is 0.333. The lowest BCUT2D eigenvalue weighted by atomic mass is 10.2. The molecule has 82 valence electrons. The summed E-state index contributed by atoms with van der Waals surface area (Å²) in [7, 11) is 0. The quantitative estimate of drug-likeness (QED) is 0.219. The number of carbonyl (C=O) groups excluding carboxylic acids is 1. The molecule has 0 saturated carbocycles. The molecule has 0 aliphatic rings. The van der Waals surface area contributed by atoms with Crippen LogP contribution in [-0.2, 0) is 9.59 Å². The van der Waals surface area contributed by atoms with Crippen LogP contribution in [0, 0.1) is 0 Å². The number of carbonyl (C=O) groups is 2. The van der Waals surface area contributed by atoms with Crippen molar-refractivity contribution in [1.29, 1.82) is 0 Å². The fourth-order valence-electron chi connectivity index (χ4n) is 0.930. The van der Waals surface area contributed by atoms with Gasteiger partial charge in [0.25, 0.3) is 0 Å². The summed E-state index contributed by atoms with van der Waals surface area (Å²) in [6.45, 7) is 0. The van der Waals surface area contributed by atoms with Crippen LogP contribution in [-0.4, -0.2) is 17.4 Å². The predicted octanol–water partition coefficient (Wildman–Crippen LogP) is 2.50. The van der Waals surface area contributed by atoms with Gasteiger partial charge >= 0.3 is 5.97 Å². The number of hydrogen-bond donors (Lipinski definition) is 1. The Kier molecular flexibility index (Phi) is 9.30. The summed E-state index contributed by atoms with van der Waals surface area (Å²) in [6, 6.07) is 0. The van der Waals surface area contributed by atoms with Gasteiger partial charge in [-0.3, -0.25) is 9.59 Å². The van der Waals surface area contributed by atoms with E-state index in [0.29, 0.717) is 6.42 Å². The number of hydrogen-bond acceptors (Lipinski definition) is 2. The second kappa shape index (κ2) is 10.4. The van der Waals surface area contributed by atoms with E-state index in [0.717, 1.165) is 19.1 Å². The van der Waals surface area contributed by atoms with Crippen LogP contribution in [0.1, 0.15) is 25.7 Å². The average Bonchev–Trinajstić information content (AvgIpc) is 2.20. The highest BCUT2D eigenvalue weighted by atomic mass is 16.4. The van der Waals surface area contributed by atoms with Crippen molar-refractivity contribution in [3.05, 3.63) is 36.5 Å². The first kappa shape index (κ1) is 13.4. The molecule has 0 spiro atoms. The number of carboxylic acid groups (broad SMARTS) is 1. The van der Waals surface area contributed by atoms with Gasteiger partial charge in [-0.25, -0.2) is 0 Å². The molecule has 0 saturated heterocycles. The monoisotopic (exact) mass is 208 g/mol. The molecule has 1 N–H and O–H groups in total. The molecule has 15 heavy (non-hydrogen) atoms. The molecule has 0 aromatic heterocycles. The van der Waals surface area contributed by atoms with Crippen LogP contribution in [0.3, 0.4) is 0 Å². The van der Waals surface area contributed by atoms with Gasteiger partial charge in [-0.2, -0.15) is 0 Å². The first-order valence-electron chi connectivity index (χ1n) is 4.91. The van der Waals surface area contributed by atoms with E-state index < -0.39 is 5.97 Å². The van der Waals surface area contributed by atoms with Crippen LogP contribution in [0.15, 0.2) is 36.5 Å². The first-order chi connectivity index (χ1) is 7.27. The third-order valence-electron chi connectivity index (χ3n) is 1.64. The van der Waals surface area contributed by atoms with Crippen molar-refractivity contribution in [2.45, 2.75) is 25.7 Å². The van der Waals surface area contributed by atoms with E-state index in [-0.39, 0.29) is 6.42 Å². The molecule has 0 heterocycles. The molecular weight excluding hydrogens is 192 g/mol. The Labute approximate surface area is 89.8 Å². The zero-order valence-corrected chi connectivity index (χ0v) is 8.63. The third kappa shape index (κ3) is 12.4. The molecule has 0 amide bonds. The minimum Gasteiger partial charge on any atom is -0.481 e. The van der Waals surface area contributed by atoms with Crippen LogP contribution >= 0.6 is 0 Å². The molecule has 3 nitrogen and oxygen atoms in total. The summed E-state index contributed by atoms with van der Waals surface area (Å²) in [5, 5.41) is 8.37. The third-order valence-corrected chi connectivity index (χ3v) is 1.64. The zero-order valence-electron chi connectivity index (χ0n) is 8.63. The summed E-state index contributed by atoms with van der Waals surface area (Å²) >= 11 is 0. The molecule has 0 radical (unpaired) electrons. The van der Waals surface area contributed by atoms with Gasteiger partial charge in [0.15, 0.2) is 0 Å². The van der Waals surface area contributed by atoms with Crippen LogP contribution < -0.4 is 0 Å². The fourth-order valence-corrected chi connectivity index (χ4v) is 0.930. The Balaban J connectivity index is 3.38.